The molecule has 0 atom stereocenters. The summed E-state index contributed by atoms with van der Waals surface area (Å²) in [5.74, 6) is 0.634. The van der Waals surface area contributed by atoms with E-state index in [1.165, 1.54) is 4.31 Å². The number of nitrogens with zero attached hydrogens (tertiary/aromatic N) is 1. The zero-order chi connectivity index (χ0) is 14.6. The molecule has 0 saturated carbocycles. The van der Waals surface area contributed by atoms with E-state index in [9.17, 15) is 8.42 Å². The maximum atomic E-state index is 12.4. The maximum absolute atomic E-state index is 12.4. The summed E-state index contributed by atoms with van der Waals surface area (Å²) in [6.07, 6.45) is 0. The van der Waals surface area contributed by atoms with E-state index < -0.39 is 10.0 Å². The minimum atomic E-state index is -3.48. The summed E-state index contributed by atoms with van der Waals surface area (Å²) in [5.41, 5.74) is 0.951. The molecule has 5 heteroatoms. The Hall–Kier alpha value is -1.85. The molecule has 0 bridgehead atoms. The first-order valence-electron chi connectivity index (χ1n) is 6.18. The zero-order valence-corrected chi connectivity index (χ0v) is 12.3. The van der Waals surface area contributed by atoms with E-state index in [0.717, 1.165) is 5.56 Å². The molecule has 2 rings (SSSR count). The third kappa shape index (κ3) is 3.18. The summed E-state index contributed by atoms with van der Waals surface area (Å²) in [6, 6.07) is 15.9. The number of benzene rings is 2. The molecule has 0 saturated heterocycles. The quantitative estimate of drug-likeness (QED) is 0.850. The van der Waals surface area contributed by atoms with E-state index in [1.807, 2.05) is 30.3 Å². The summed E-state index contributed by atoms with van der Waals surface area (Å²) in [7, 11) is -0.362. The van der Waals surface area contributed by atoms with Crippen molar-refractivity contribution < 1.29 is 13.2 Å². The Kier molecular flexibility index (Phi) is 4.42. The van der Waals surface area contributed by atoms with E-state index in [2.05, 4.69) is 0 Å². The second-order valence-electron chi connectivity index (χ2n) is 4.42. The van der Waals surface area contributed by atoms with Crippen LogP contribution in [0.2, 0.25) is 0 Å². The van der Waals surface area contributed by atoms with Crippen LogP contribution in [0.5, 0.6) is 5.75 Å². The largest absolute Gasteiger partial charge is 0.497 e. The fourth-order valence-corrected chi connectivity index (χ4v) is 3.01. The van der Waals surface area contributed by atoms with Crippen LogP contribution in [0.25, 0.3) is 0 Å². The fourth-order valence-electron chi connectivity index (χ4n) is 1.85. The van der Waals surface area contributed by atoms with E-state index in [1.54, 1.807) is 38.4 Å². The first kappa shape index (κ1) is 14.6. The van der Waals surface area contributed by atoms with Gasteiger partial charge in [0, 0.05) is 13.6 Å². The van der Waals surface area contributed by atoms with E-state index in [0.29, 0.717) is 12.3 Å². The smallest absolute Gasteiger partial charge is 0.243 e. The highest BCUT2D eigenvalue weighted by Gasteiger charge is 2.20. The van der Waals surface area contributed by atoms with Crippen molar-refractivity contribution in [3.05, 3.63) is 60.2 Å². The molecule has 0 heterocycles. The summed E-state index contributed by atoms with van der Waals surface area (Å²) in [6.45, 7) is 0.342. The number of hydrogen-bond donors (Lipinski definition) is 0. The molecular weight excluding hydrogens is 274 g/mol. The molecule has 0 aliphatic carbocycles. The van der Waals surface area contributed by atoms with Crippen LogP contribution in [0, 0.1) is 0 Å². The van der Waals surface area contributed by atoms with Crippen LogP contribution in [0.4, 0.5) is 0 Å². The molecule has 0 aliphatic rings. The molecule has 0 N–H and O–H groups in total. The van der Waals surface area contributed by atoms with E-state index in [4.69, 9.17) is 4.74 Å². The number of sulfonamides is 1. The van der Waals surface area contributed by atoms with Gasteiger partial charge in [-0.3, -0.25) is 0 Å². The fraction of sp³-hybridized carbons (Fsp3) is 0.200. The van der Waals surface area contributed by atoms with Crippen molar-refractivity contribution in [1.82, 2.24) is 4.31 Å². The SMILES string of the molecule is COc1ccc(S(=O)(=O)N(C)Cc2ccccc2)cc1. The number of rotatable bonds is 5. The summed E-state index contributed by atoms with van der Waals surface area (Å²) in [4.78, 5) is 0.261. The number of hydrogen-bond acceptors (Lipinski definition) is 3. The lowest BCUT2D eigenvalue weighted by molar-refractivity contribution is 0.414. The van der Waals surface area contributed by atoms with Crippen molar-refractivity contribution in [2.24, 2.45) is 0 Å². The van der Waals surface area contributed by atoms with Crippen molar-refractivity contribution >= 4 is 10.0 Å². The molecule has 20 heavy (non-hydrogen) atoms. The summed E-state index contributed by atoms with van der Waals surface area (Å²) >= 11 is 0. The Bertz CT molecular complexity index is 651. The predicted octanol–water partition coefficient (Wildman–Crippen LogP) is 2.52. The standard InChI is InChI=1S/C15H17NO3S/c1-16(12-13-6-4-3-5-7-13)20(17,18)15-10-8-14(19-2)9-11-15/h3-11H,12H2,1-2H3. The lowest BCUT2D eigenvalue weighted by Crippen LogP contribution is -2.26. The van der Waals surface area contributed by atoms with Gasteiger partial charge < -0.3 is 4.74 Å². The lowest BCUT2D eigenvalue weighted by atomic mass is 10.2. The van der Waals surface area contributed by atoms with Crippen LogP contribution < -0.4 is 4.74 Å². The number of ether oxygens (including phenoxy) is 1. The molecular formula is C15H17NO3S. The minimum absolute atomic E-state index is 0.261. The van der Waals surface area contributed by atoms with Gasteiger partial charge in [0.2, 0.25) is 10.0 Å². The van der Waals surface area contributed by atoms with Crippen LogP contribution >= 0.6 is 0 Å². The van der Waals surface area contributed by atoms with Crippen LogP contribution in [-0.4, -0.2) is 26.9 Å². The zero-order valence-electron chi connectivity index (χ0n) is 11.5. The molecule has 2 aromatic carbocycles. The summed E-state index contributed by atoms with van der Waals surface area (Å²) in [5, 5.41) is 0. The van der Waals surface area contributed by atoms with Gasteiger partial charge >= 0.3 is 0 Å². The second-order valence-corrected chi connectivity index (χ2v) is 6.47. The average molecular weight is 291 g/mol. The Morgan fingerprint density at radius 2 is 1.60 bits per heavy atom. The van der Waals surface area contributed by atoms with Gasteiger partial charge in [-0.25, -0.2) is 8.42 Å². The third-order valence-corrected chi connectivity index (χ3v) is 4.83. The first-order chi connectivity index (χ1) is 9.54. The molecule has 0 radical (unpaired) electrons. The van der Waals surface area contributed by atoms with Gasteiger partial charge in [0.25, 0.3) is 0 Å². The van der Waals surface area contributed by atoms with Gasteiger partial charge in [-0.2, -0.15) is 4.31 Å². The minimum Gasteiger partial charge on any atom is -0.497 e. The average Bonchev–Trinajstić information content (AvgIpc) is 2.48. The number of methoxy groups -OCH3 is 1. The molecule has 0 aliphatic heterocycles. The lowest BCUT2D eigenvalue weighted by Gasteiger charge is -2.17. The Labute approximate surface area is 119 Å². The van der Waals surface area contributed by atoms with Crippen LogP contribution in [0.1, 0.15) is 5.56 Å². The van der Waals surface area contributed by atoms with Crippen molar-refractivity contribution in [3.8, 4) is 5.75 Å². The van der Waals surface area contributed by atoms with Crippen molar-refractivity contribution in [2.45, 2.75) is 11.4 Å². The molecule has 4 nitrogen and oxygen atoms in total. The first-order valence-corrected chi connectivity index (χ1v) is 7.62. The Morgan fingerprint density at radius 3 is 2.15 bits per heavy atom. The van der Waals surface area contributed by atoms with Crippen LogP contribution in [0.15, 0.2) is 59.5 Å². The van der Waals surface area contributed by atoms with Crippen molar-refractivity contribution in [3.63, 3.8) is 0 Å². The Morgan fingerprint density at radius 1 is 1.00 bits per heavy atom. The van der Waals surface area contributed by atoms with Gasteiger partial charge in [-0.15, -0.1) is 0 Å². The van der Waals surface area contributed by atoms with Gasteiger partial charge in [-0.1, -0.05) is 30.3 Å². The maximum Gasteiger partial charge on any atom is 0.243 e. The van der Waals surface area contributed by atoms with E-state index in [-0.39, 0.29) is 4.90 Å². The third-order valence-electron chi connectivity index (χ3n) is 3.02. The molecule has 0 unspecified atom stereocenters. The van der Waals surface area contributed by atoms with Crippen LogP contribution in [-0.2, 0) is 16.6 Å². The van der Waals surface area contributed by atoms with Gasteiger partial charge in [0.05, 0.1) is 12.0 Å². The van der Waals surface area contributed by atoms with Gasteiger partial charge in [0.1, 0.15) is 5.75 Å². The molecule has 0 fully saturated rings. The molecule has 0 aromatic heterocycles. The normalized spacial score (nSPS) is 11.6. The van der Waals surface area contributed by atoms with Crippen molar-refractivity contribution in [1.29, 1.82) is 0 Å². The highest BCUT2D eigenvalue weighted by atomic mass is 32.2. The monoisotopic (exact) mass is 291 g/mol. The molecule has 106 valence electrons. The predicted molar refractivity (Wildman–Crippen MR) is 78.1 cm³/mol. The second kappa shape index (κ2) is 6.07. The molecule has 2 aromatic rings. The molecule has 0 amide bonds. The topological polar surface area (TPSA) is 46.6 Å². The Balaban J connectivity index is 2.20. The molecule has 0 spiro atoms. The highest BCUT2D eigenvalue weighted by molar-refractivity contribution is 7.89. The van der Waals surface area contributed by atoms with Crippen LogP contribution in [0.3, 0.4) is 0 Å². The summed E-state index contributed by atoms with van der Waals surface area (Å²) < 4.78 is 31.2. The highest BCUT2D eigenvalue weighted by Crippen LogP contribution is 2.19. The van der Waals surface area contributed by atoms with Gasteiger partial charge in [0.15, 0.2) is 0 Å². The van der Waals surface area contributed by atoms with Gasteiger partial charge in [-0.05, 0) is 29.8 Å². The van der Waals surface area contributed by atoms with Crippen molar-refractivity contribution in [2.75, 3.05) is 14.2 Å². The van der Waals surface area contributed by atoms with E-state index >= 15 is 0 Å².